The lowest BCUT2D eigenvalue weighted by molar-refractivity contribution is 0.0912. The van der Waals surface area contributed by atoms with E-state index in [9.17, 15) is 4.79 Å². The average molecular weight is 303 g/mol. The van der Waals surface area contributed by atoms with Gasteiger partial charge in [0.1, 0.15) is 5.54 Å². The summed E-state index contributed by atoms with van der Waals surface area (Å²) in [5.74, 6) is 0.0602. The van der Waals surface area contributed by atoms with Gasteiger partial charge in [0.25, 0.3) is 0 Å². The van der Waals surface area contributed by atoms with Crippen molar-refractivity contribution in [3.05, 3.63) is 71.0 Å². The van der Waals surface area contributed by atoms with E-state index in [0.717, 1.165) is 33.5 Å². The van der Waals surface area contributed by atoms with E-state index in [1.54, 1.807) is 0 Å². The zero-order valence-electron chi connectivity index (χ0n) is 13.4. The Hall–Kier alpha value is -2.75. The van der Waals surface area contributed by atoms with Gasteiger partial charge in [-0.2, -0.15) is 5.10 Å². The fourth-order valence-corrected chi connectivity index (χ4v) is 3.20. The molecule has 2 aromatic heterocycles. The molecular weight excluding hydrogens is 286 g/mol. The molecule has 1 aliphatic heterocycles. The van der Waals surface area contributed by atoms with Gasteiger partial charge in [0.2, 0.25) is 0 Å². The highest BCUT2D eigenvalue weighted by molar-refractivity contribution is 6.25. The fraction of sp³-hybridized carbons (Fsp3) is 0.211. The van der Waals surface area contributed by atoms with Crippen molar-refractivity contribution in [2.75, 3.05) is 0 Å². The lowest BCUT2D eigenvalue weighted by Crippen LogP contribution is -2.36. The lowest BCUT2D eigenvalue weighted by atomic mass is 9.84. The smallest absolute Gasteiger partial charge is 0.190 e. The van der Waals surface area contributed by atoms with E-state index in [4.69, 9.17) is 4.99 Å². The van der Waals surface area contributed by atoms with Crippen LogP contribution in [0.2, 0.25) is 0 Å². The summed E-state index contributed by atoms with van der Waals surface area (Å²) in [5.41, 5.74) is 4.83. The molecule has 1 aliphatic rings. The molecule has 0 bridgehead atoms. The van der Waals surface area contributed by atoms with E-state index < -0.39 is 5.54 Å². The zero-order chi connectivity index (χ0) is 16.2. The van der Waals surface area contributed by atoms with Crippen LogP contribution in [0.25, 0.3) is 5.52 Å². The molecule has 0 saturated carbocycles. The number of benzene rings is 1. The third kappa shape index (κ3) is 1.95. The Morgan fingerprint density at radius 3 is 2.52 bits per heavy atom. The van der Waals surface area contributed by atoms with E-state index >= 15 is 0 Å². The van der Waals surface area contributed by atoms with Crippen LogP contribution in [-0.2, 0) is 0 Å². The van der Waals surface area contributed by atoms with Gasteiger partial charge >= 0.3 is 0 Å². The maximum Gasteiger partial charge on any atom is 0.190 e. The number of aromatic nitrogens is 2. The minimum absolute atomic E-state index is 0.0602. The molecule has 0 radical (unpaired) electrons. The summed E-state index contributed by atoms with van der Waals surface area (Å²) in [7, 11) is 0. The normalized spacial score (nSPS) is 16.3. The molecule has 0 N–H and O–H groups in total. The number of hydrogen-bond acceptors (Lipinski definition) is 3. The first-order valence-electron chi connectivity index (χ1n) is 7.66. The Morgan fingerprint density at radius 1 is 1.00 bits per heavy atom. The SMILES string of the molecule is Cc1cccn2ncc(C3=NC(C)(C)C(=O)c4ccccc43)c12. The van der Waals surface area contributed by atoms with Gasteiger partial charge in [-0.15, -0.1) is 0 Å². The van der Waals surface area contributed by atoms with E-state index in [1.165, 1.54) is 0 Å². The Bertz CT molecular complexity index is 979. The van der Waals surface area contributed by atoms with Crippen LogP contribution in [0.1, 0.15) is 40.9 Å². The van der Waals surface area contributed by atoms with E-state index in [2.05, 4.69) is 18.1 Å². The average Bonchev–Trinajstić information content (AvgIpc) is 2.96. The molecule has 114 valence electrons. The van der Waals surface area contributed by atoms with Crippen molar-refractivity contribution in [3.63, 3.8) is 0 Å². The van der Waals surface area contributed by atoms with Crippen LogP contribution in [0.3, 0.4) is 0 Å². The molecule has 3 aromatic rings. The Kier molecular flexibility index (Phi) is 2.79. The number of carbonyl (C=O) groups excluding carboxylic acids is 1. The van der Waals surface area contributed by atoms with Crippen LogP contribution in [-0.4, -0.2) is 26.6 Å². The van der Waals surface area contributed by atoms with E-state index in [0.29, 0.717) is 0 Å². The maximum atomic E-state index is 12.7. The first kappa shape index (κ1) is 13.9. The summed E-state index contributed by atoms with van der Waals surface area (Å²) in [4.78, 5) is 17.4. The summed E-state index contributed by atoms with van der Waals surface area (Å²) in [5, 5.41) is 4.45. The Balaban J connectivity index is 2.06. The van der Waals surface area contributed by atoms with Crippen molar-refractivity contribution < 1.29 is 4.79 Å². The van der Waals surface area contributed by atoms with Gasteiger partial charge in [0, 0.05) is 22.9 Å². The molecule has 1 aromatic carbocycles. The first-order chi connectivity index (χ1) is 11.0. The van der Waals surface area contributed by atoms with Crippen molar-refractivity contribution in [1.29, 1.82) is 0 Å². The number of pyridine rings is 1. The van der Waals surface area contributed by atoms with Crippen molar-refractivity contribution in [3.8, 4) is 0 Å². The van der Waals surface area contributed by atoms with Gasteiger partial charge in [0.05, 0.1) is 17.4 Å². The second-order valence-electron chi connectivity index (χ2n) is 6.44. The molecule has 4 nitrogen and oxygen atoms in total. The molecule has 0 fully saturated rings. The van der Waals surface area contributed by atoms with Gasteiger partial charge in [-0.05, 0) is 32.4 Å². The van der Waals surface area contributed by atoms with Gasteiger partial charge in [-0.25, -0.2) is 4.52 Å². The molecule has 0 atom stereocenters. The van der Waals surface area contributed by atoms with Crippen LogP contribution in [0.4, 0.5) is 0 Å². The zero-order valence-corrected chi connectivity index (χ0v) is 13.4. The summed E-state index contributed by atoms with van der Waals surface area (Å²) in [6, 6.07) is 11.7. The number of ketones is 1. The molecule has 3 heterocycles. The largest absolute Gasteiger partial charge is 0.291 e. The highest BCUT2D eigenvalue weighted by atomic mass is 16.1. The number of nitrogens with zero attached hydrogens (tertiary/aromatic N) is 3. The molecule has 0 aliphatic carbocycles. The molecule has 4 heteroatoms. The van der Waals surface area contributed by atoms with Gasteiger partial charge in [-0.3, -0.25) is 9.79 Å². The van der Waals surface area contributed by atoms with Crippen LogP contribution in [0.5, 0.6) is 0 Å². The van der Waals surface area contributed by atoms with Crippen molar-refractivity contribution >= 4 is 17.0 Å². The monoisotopic (exact) mass is 303 g/mol. The second-order valence-corrected chi connectivity index (χ2v) is 6.44. The molecule has 0 amide bonds. The Morgan fingerprint density at radius 2 is 1.74 bits per heavy atom. The summed E-state index contributed by atoms with van der Waals surface area (Å²) < 4.78 is 1.86. The van der Waals surface area contributed by atoms with Crippen molar-refractivity contribution in [1.82, 2.24) is 9.61 Å². The van der Waals surface area contributed by atoms with Crippen molar-refractivity contribution in [2.45, 2.75) is 26.3 Å². The second kappa shape index (κ2) is 4.62. The van der Waals surface area contributed by atoms with Crippen molar-refractivity contribution in [2.24, 2.45) is 4.99 Å². The van der Waals surface area contributed by atoms with Gasteiger partial charge < -0.3 is 0 Å². The molecule has 4 rings (SSSR count). The number of aliphatic imine (C=N–C) groups is 1. The van der Waals surface area contributed by atoms with Crippen LogP contribution in [0, 0.1) is 6.92 Å². The quantitative estimate of drug-likeness (QED) is 0.691. The summed E-state index contributed by atoms with van der Waals surface area (Å²) >= 11 is 0. The third-order valence-electron chi connectivity index (χ3n) is 4.37. The number of fused-ring (bicyclic) bond motifs is 2. The molecule has 0 saturated heterocycles. The molecular formula is C19H17N3O. The van der Waals surface area contributed by atoms with Crippen LogP contribution in [0.15, 0.2) is 53.8 Å². The standard InChI is InChI=1S/C19H17N3O/c1-12-7-6-10-22-17(12)15(11-20-22)16-13-8-4-5-9-14(13)18(23)19(2,3)21-16/h4-11H,1-3H3. The summed E-state index contributed by atoms with van der Waals surface area (Å²) in [6.45, 7) is 5.79. The highest BCUT2D eigenvalue weighted by Crippen LogP contribution is 2.31. The molecule has 0 unspecified atom stereocenters. The third-order valence-corrected chi connectivity index (χ3v) is 4.37. The highest BCUT2D eigenvalue weighted by Gasteiger charge is 2.36. The molecule has 23 heavy (non-hydrogen) atoms. The first-order valence-corrected chi connectivity index (χ1v) is 7.66. The number of Topliss-reactive ketones (excluding diaryl/α,β-unsaturated/α-hetero) is 1. The van der Waals surface area contributed by atoms with E-state index in [1.807, 2.05) is 61.1 Å². The predicted octanol–water partition coefficient (Wildman–Crippen LogP) is 3.46. The Labute approximate surface area is 134 Å². The lowest BCUT2D eigenvalue weighted by Gasteiger charge is -2.27. The summed E-state index contributed by atoms with van der Waals surface area (Å²) in [6.07, 6.45) is 3.77. The minimum atomic E-state index is -0.763. The molecule has 0 spiro atoms. The van der Waals surface area contributed by atoms with Gasteiger partial charge in [-0.1, -0.05) is 30.3 Å². The topological polar surface area (TPSA) is 46.7 Å². The number of rotatable bonds is 1. The van der Waals surface area contributed by atoms with Crippen LogP contribution >= 0.6 is 0 Å². The maximum absolute atomic E-state index is 12.7. The van der Waals surface area contributed by atoms with E-state index in [-0.39, 0.29) is 5.78 Å². The number of hydrogen-bond donors (Lipinski definition) is 0. The fourth-order valence-electron chi connectivity index (χ4n) is 3.20. The number of aryl methyl sites for hydroxylation is 1. The van der Waals surface area contributed by atoms with Gasteiger partial charge in [0.15, 0.2) is 5.78 Å². The van der Waals surface area contributed by atoms with Crippen LogP contribution < -0.4 is 0 Å². The number of carbonyl (C=O) groups is 1. The minimum Gasteiger partial charge on any atom is -0.291 e. The predicted molar refractivity (Wildman–Crippen MR) is 90.4 cm³/mol.